The summed E-state index contributed by atoms with van der Waals surface area (Å²) in [6.07, 6.45) is 16.8. The third-order valence-electron chi connectivity index (χ3n) is 5.57. The summed E-state index contributed by atoms with van der Waals surface area (Å²) in [4.78, 5) is 10.0. The van der Waals surface area contributed by atoms with Crippen LogP contribution in [0.15, 0.2) is 53.7 Å². The zero-order valence-electron chi connectivity index (χ0n) is 22.3. The van der Waals surface area contributed by atoms with Crippen molar-refractivity contribution in [1.82, 2.24) is 4.98 Å². The number of nitrogens with zero attached hydrogens (tertiary/aromatic N) is 2. The van der Waals surface area contributed by atoms with E-state index in [-0.39, 0.29) is 5.82 Å². The fraction of sp³-hybridized carbons (Fsp3) is 0.533. The molecule has 0 unspecified atom stereocenters. The molecule has 4 heteroatoms. The molecule has 1 saturated carbocycles. The van der Waals surface area contributed by atoms with Gasteiger partial charge in [-0.3, -0.25) is 4.99 Å². The molecule has 0 atom stereocenters. The van der Waals surface area contributed by atoms with Gasteiger partial charge in [0.1, 0.15) is 5.82 Å². The van der Waals surface area contributed by atoms with Crippen LogP contribution in [0.5, 0.6) is 0 Å². The van der Waals surface area contributed by atoms with Crippen LogP contribution in [0.25, 0.3) is 11.3 Å². The Labute approximate surface area is 212 Å². The molecule has 2 aromatic rings. The van der Waals surface area contributed by atoms with Gasteiger partial charge in [-0.1, -0.05) is 91.2 Å². The van der Waals surface area contributed by atoms with Crippen molar-refractivity contribution in [3.63, 3.8) is 0 Å². The molecule has 2 nitrogen and oxygen atoms in total. The van der Waals surface area contributed by atoms with E-state index in [4.69, 9.17) is 0 Å². The quantitative estimate of drug-likeness (QED) is 0.270. The molecule has 1 aromatic heterocycles. The molecule has 1 heterocycles. The van der Waals surface area contributed by atoms with E-state index in [1.165, 1.54) is 69.9 Å². The van der Waals surface area contributed by atoms with E-state index in [9.17, 15) is 4.39 Å². The second-order valence-electron chi connectivity index (χ2n) is 9.10. The average molecular weight is 485 g/mol. The van der Waals surface area contributed by atoms with E-state index in [2.05, 4.69) is 37.3 Å². The second kappa shape index (κ2) is 17.4. The van der Waals surface area contributed by atoms with Crippen LogP contribution in [0.4, 0.5) is 4.39 Å². The van der Waals surface area contributed by atoms with Crippen molar-refractivity contribution < 1.29 is 4.39 Å². The normalized spacial score (nSPS) is 13.9. The summed E-state index contributed by atoms with van der Waals surface area (Å²) >= 11 is 1.58. The lowest BCUT2D eigenvalue weighted by atomic mass is 10.1. The van der Waals surface area contributed by atoms with E-state index < -0.39 is 0 Å². The minimum Gasteiger partial charge on any atom is -0.253 e. The molecule has 0 radical (unpaired) electrons. The highest BCUT2D eigenvalue weighted by Gasteiger charge is 2.15. The van der Waals surface area contributed by atoms with Gasteiger partial charge in [-0.15, -0.1) is 11.3 Å². The molecular formula is C30H45FN2S. The molecule has 188 valence electrons. The predicted molar refractivity (Wildman–Crippen MR) is 150 cm³/mol. The molecule has 0 spiro atoms. The van der Waals surface area contributed by atoms with Crippen molar-refractivity contribution in [2.24, 2.45) is 10.9 Å². The van der Waals surface area contributed by atoms with Crippen molar-refractivity contribution in [2.75, 3.05) is 0 Å². The van der Waals surface area contributed by atoms with Crippen molar-refractivity contribution in [1.29, 1.82) is 0 Å². The topological polar surface area (TPSA) is 25.2 Å². The average Bonchev–Trinajstić information content (AvgIpc) is 3.43. The molecular weight excluding hydrogens is 439 g/mol. The lowest BCUT2D eigenvalue weighted by Gasteiger charge is -2.03. The van der Waals surface area contributed by atoms with Crippen molar-refractivity contribution in [3.05, 3.63) is 64.4 Å². The lowest BCUT2D eigenvalue weighted by molar-refractivity contribution is 0.612. The molecule has 3 rings (SSSR count). The zero-order chi connectivity index (χ0) is 25.3. The van der Waals surface area contributed by atoms with Crippen LogP contribution in [0.1, 0.15) is 102 Å². The summed E-state index contributed by atoms with van der Waals surface area (Å²) in [5.41, 5.74) is 3.28. The van der Waals surface area contributed by atoms with Gasteiger partial charge in [-0.2, -0.15) is 0 Å². The molecule has 0 aliphatic heterocycles. The number of benzene rings is 1. The van der Waals surface area contributed by atoms with Crippen molar-refractivity contribution in [3.8, 4) is 11.3 Å². The summed E-state index contributed by atoms with van der Waals surface area (Å²) in [6.45, 7) is 16.4. The Morgan fingerprint density at radius 1 is 1.12 bits per heavy atom. The summed E-state index contributed by atoms with van der Waals surface area (Å²) in [7, 11) is 0. The molecule has 0 N–H and O–H groups in total. The fourth-order valence-corrected chi connectivity index (χ4v) is 4.65. The number of hydrogen-bond acceptors (Lipinski definition) is 3. The maximum Gasteiger partial charge on any atom is 0.123 e. The second-order valence-corrected chi connectivity index (χ2v) is 10.3. The van der Waals surface area contributed by atoms with Crippen LogP contribution in [0.2, 0.25) is 0 Å². The van der Waals surface area contributed by atoms with Gasteiger partial charge in [0, 0.05) is 11.3 Å². The molecule has 1 aliphatic rings. The van der Waals surface area contributed by atoms with Gasteiger partial charge in [-0.05, 0) is 57.0 Å². The summed E-state index contributed by atoms with van der Waals surface area (Å²) < 4.78 is 13.1. The standard InChI is InChI=1S/C17H17FN2S.C7H16.C6H12/c1-5-6-15(19-11(2)3)17-16(20-12(4)21-17)13-7-9-14(18)10-8-13;1-3-5-7-6-4-2;1-6-4-2-3-5-6/h5-10H,2H2,1,3-4H3;3-7H2,1-2H3;6H,2-5H2,1H3/b6-5-,19-15?;;. The number of hydrogen-bond donors (Lipinski definition) is 0. The first kappa shape index (κ1) is 30.0. The van der Waals surface area contributed by atoms with Gasteiger partial charge in [0.05, 0.1) is 21.3 Å². The molecule has 1 fully saturated rings. The molecule has 1 aromatic carbocycles. The number of aryl methyl sites for hydroxylation is 1. The largest absolute Gasteiger partial charge is 0.253 e. The first-order chi connectivity index (χ1) is 16.3. The minimum absolute atomic E-state index is 0.253. The lowest BCUT2D eigenvalue weighted by Crippen LogP contribution is -1.97. The van der Waals surface area contributed by atoms with Gasteiger partial charge in [0.15, 0.2) is 0 Å². The maximum atomic E-state index is 13.1. The smallest absolute Gasteiger partial charge is 0.123 e. The Balaban J connectivity index is 0.000000362. The van der Waals surface area contributed by atoms with Crippen LogP contribution in [0.3, 0.4) is 0 Å². The van der Waals surface area contributed by atoms with E-state index >= 15 is 0 Å². The Bertz CT molecular complexity index is 883. The monoisotopic (exact) mass is 484 g/mol. The van der Waals surface area contributed by atoms with Crippen LogP contribution >= 0.6 is 11.3 Å². The third-order valence-corrected chi connectivity index (χ3v) is 6.56. The Morgan fingerprint density at radius 3 is 2.15 bits per heavy atom. The highest BCUT2D eigenvalue weighted by atomic mass is 32.1. The van der Waals surface area contributed by atoms with E-state index in [1.807, 2.05) is 32.9 Å². The SMILES string of the molecule is C=C(C)N=C(/C=C\C)c1sc(C)nc1-c1ccc(F)cc1.CC1CCCC1.CCCCCCC. The fourth-order valence-electron chi connectivity index (χ4n) is 3.74. The van der Waals surface area contributed by atoms with Crippen LogP contribution < -0.4 is 0 Å². The minimum atomic E-state index is -0.253. The van der Waals surface area contributed by atoms with Gasteiger partial charge in [0.2, 0.25) is 0 Å². The number of halogens is 1. The zero-order valence-corrected chi connectivity index (χ0v) is 23.1. The first-order valence-corrected chi connectivity index (χ1v) is 13.7. The third kappa shape index (κ3) is 11.9. The molecule has 0 bridgehead atoms. The Hall–Kier alpha value is -2.07. The Kier molecular flexibility index (Phi) is 15.3. The van der Waals surface area contributed by atoms with Crippen LogP contribution in [-0.4, -0.2) is 10.7 Å². The van der Waals surface area contributed by atoms with Gasteiger partial charge in [-0.25, -0.2) is 9.37 Å². The molecule has 0 saturated heterocycles. The number of rotatable bonds is 8. The number of aromatic nitrogens is 1. The summed E-state index contributed by atoms with van der Waals surface area (Å²) in [6, 6.07) is 6.36. The van der Waals surface area contributed by atoms with E-state index in [1.54, 1.807) is 23.5 Å². The van der Waals surface area contributed by atoms with Gasteiger partial charge in [0.25, 0.3) is 0 Å². The number of unbranched alkanes of at least 4 members (excludes halogenated alkanes) is 4. The van der Waals surface area contributed by atoms with Crippen molar-refractivity contribution >= 4 is 17.0 Å². The van der Waals surface area contributed by atoms with Crippen LogP contribution in [-0.2, 0) is 0 Å². The Morgan fingerprint density at radius 2 is 1.71 bits per heavy atom. The van der Waals surface area contributed by atoms with Crippen molar-refractivity contribution in [2.45, 2.75) is 99.3 Å². The van der Waals surface area contributed by atoms with Gasteiger partial charge >= 0.3 is 0 Å². The predicted octanol–water partition coefficient (Wildman–Crippen LogP) is 10.3. The molecule has 1 aliphatic carbocycles. The number of allylic oxidation sites excluding steroid dienone is 3. The molecule has 0 amide bonds. The highest BCUT2D eigenvalue weighted by molar-refractivity contribution is 7.14. The van der Waals surface area contributed by atoms with Crippen LogP contribution in [0, 0.1) is 18.7 Å². The maximum absolute atomic E-state index is 13.1. The summed E-state index contributed by atoms with van der Waals surface area (Å²) in [5.74, 6) is 0.793. The first-order valence-electron chi connectivity index (χ1n) is 12.9. The highest BCUT2D eigenvalue weighted by Crippen LogP contribution is 2.29. The van der Waals surface area contributed by atoms with Gasteiger partial charge < -0.3 is 0 Å². The summed E-state index contributed by atoms with van der Waals surface area (Å²) in [5, 5.41) is 0.947. The molecule has 34 heavy (non-hydrogen) atoms. The number of thiazole rings is 1. The number of aliphatic imine (C=N–C) groups is 1. The van der Waals surface area contributed by atoms with E-state index in [0.29, 0.717) is 0 Å². The van der Waals surface area contributed by atoms with E-state index in [0.717, 1.165) is 38.5 Å².